The number of rotatable bonds is 3. The molecule has 0 spiro atoms. The molecule has 0 saturated carbocycles. The molecule has 5 nitrogen and oxygen atoms in total. The van der Waals surface area contributed by atoms with E-state index in [1.54, 1.807) is 0 Å². The van der Waals surface area contributed by atoms with Crippen LogP contribution in [0.1, 0.15) is 18.3 Å². The molecule has 0 aliphatic carbocycles. The van der Waals surface area contributed by atoms with E-state index in [2.05, 4.69) is 16.9 Å². The lowest BCUT2D eigenvalue weighted by Crippen LogP contribution is -2.43. The normalized spacial score (nSPS) is 21.7. The van der Waals surface area contributed by atoms with E-state index >= 15 is 0 Å². The molecule has 15 heavy (non-hydrogen) atoms. The highest BCUT2D eigenvalue weighted by Crippen LogP contribution is 2.17. The van der Waals surface area contributed by atoms with Crippen molar-refractivity contribution >= 4 is 0 Å². The molecule has 2 rings (SSSR count). The summed E-state index contributed by atoms with van der Waals surface area (Å²) >= 11 is 0. The first-order valence-electron chi connectivity index (χ1n) is 5.35. The minimum atomic E-state index is 0.0191. The Balaban J connectivity index is 2.16. The van der Waals surface area contributed by atoms with Crippen LogP contribution in [0.25, 0.3) is 0 Å². The highest BCUT2D eigenvalue weighted by atomic mass is 16.3. The van der Waals surface area contributed by atoms with E-state index in [1.165, 1.54) is 5.69 Å². The highest BCUT2D eigenvalue weighted by Gasteiger charge is 2.23. The zero-order chi connectivity index (χ0) is 10.8. The van der Waals surface area contributed by atoms with Gasteiger partial charge in [0.25, 0.3) is 0 Å². The Hall–Kier alpha value is -0.910. The quantitative estimate of drug-likeness (QED) is 0.708. The molecule has 1 aromatic heterocycles. The summed E-state index contributed by atoms with van der Waals surface area (Å²) in [6.45, 7) is 5.57. The molecule has 0 aromatic carbocycles. The van der Waals surface area contributed by atoms with Gasteiger partial charge in [-0.15, -0.1) is 0 Å². The lowest BCUT2D eigenvalue weighted by atomic mass is 10.2. The second-order valence-corrected chi connectivity index (χ2v) is 4.08. The fourth-order valence-electron chi connectivity index (χ4n) is 2.07. The number of hydrogen-bond acceptors (Lipinski definition) is 4. The van der Waals surface area contributed by atoms with Crippen molar-refractivity contribution in [3.8, 4) is 0 Å². The second kappa shape index (κ2) is 4.30. The van der Waals surface area contributed by atoms with Crippen LogP contribution in [0, 0.1) is 0 Å². The summed E-state index contributed by atoms with van der Waals surface area (Å²) in [6, 6.07) is 2.43. The molecule has 0 radical (unpaired) electrons. The third-order valence-corrected chi connectivity index (χ3v) is 2.92. The number of nitrogens with two attached hydrogens (primary N) is 1. The summed E-state index contributed by atoms with van der Waals surface area (Å²) in [4.78, 5) is 2.35. The van der Waals surface area contributed by atoms with Crippen molar-refractivity contribution in [2.45, 2.75) is 32.7 Å². The zero-order valence-electron chi connectivity index (χ0n) is 9.06. The Morgan fingerprint density at radius 2 is 2.47 bits per heavy atom. The maximum absolute atomic E-state index is 9.01. The summed E-state index contributed by atoms with van der Waals surface area (Å²) < 4.78 is 1.99. The fourth-order valence-corrected chi connectivity index (χ4v) is 2.07. The van der Waals surface area contributed by atoms with Crippen molar-refractivity contribution in [2.24, 2.45) is 5.73 Å². The maximum atomic E-state index is 9.01. The van der Waals surface area contributed by atoms with Crippen LogP contribution in [0.4, 0.5) is 0 Å². The van der Waals surface area contributed by atoms with Crippen molar-refractivity contribution in [3.63, 3.8) is 0 Å². The summed E-state index contributed by atoms with van der Waals surface area (Å²) in [5.41, 5.74) is 7.50. The van der Waals surface area contributed by atoms with Gasteiger partial charge in [0.2, 0.25) is 0 Å². The third-order valence-electron chi connectivity index (χ3n) is 2.92. The molecule has 0 amide bonds. The SMILES string of the molecule is C[C@H]1Cn2nc(CO)cc2CN1CCN. The minimum Gasteiger partial charge on any atom is -0.390 e. The minimum absolute atomic E-state index is 0.0191. The molecule has 0 bridgehead atoms. The summed E-state index contributed by atoms with van der Waals surface area (Å²) in [5.74, 6) is 0. The zero-order valence-corrected chi connectivity index (χ0v) is 9.06. The van der Waals surface area contributed by atoms with Crippen molar-refractivity contribution in [2.75, 3.05) is 13.1 Å². The van der Waals surface area contributed by atoms with E-state index in [1.807, 2.05) is 10.7 Å². The first kappa shape index (κ1) is 10.6. The van der Waals surface area contributed by atoms with Crippen LogP contribution in [-0.2, 0) is 19.7 Å². The van der Waals surface area contributed by atoms with Crippen LogP contribution in [0.3, 0.4) is 0 Å². The van der Waals surface area contributed by atoms with Crippen LogP contribution in [0.2, 0.25) is 0 Å². The van der Waals surface area contributed by atoms with Crippen LogP contribution in [-0.4, -0.2) is 38.9 Å². The van der Waals surface area contributed by atoms with Gasteiger partial charge in [-0.1, -0.05) is 0 Å². The average molecular weight is 210 g/mol. The van der Waals surface area contributed by atoms with Crippen molar-refractivity contribution in [1.82, 2.24) is 14.7 Å². The van der Waals surface area contributed by atoms with E-state index in [0.29, 0.717) is 12.6 Å². The Bertz CT molecular complexity index is 336. The van der Waals surface area contributed by atoms with Gasteiger partial charge in [0.1, 0.15) is 0 Å². The number of nitrogens with zero attached hydrogens (tertiary/aromatic N) is 3. The van der Waals surface area contributed by atoms with Gasteiger partial charge in [-0.3, -0.25) is 9.58 Å². The first-order chi connectivity index (χ1) is 7.24. The summed E-state index contributed by atoms with van der Waals surface area (Å²) in [6.07, 6.45) is 0. The third kappa shape index (κ3) is 2.04. The van der Waals surface area contributed by atoms with Gasteiger partial charge in [-0.2, -0.15) is 5.10 Å². The van der Waals surface area contributed by atoms with E-state index in [4.69, 9.17) is 10.8 Å². The number of aromatic nitrogens is 2. The van der Waals surface area contributed by atoms with Crippen LogP contribution in [0.5, 0.6) is 0 Å². The van der Waals surface area contributed by atoms with Crippen molar-refractivity contribution < 1.29 is 5.11 Å². The standard InChI is InChI=1S/C10H18N4O/c1-8-5-14-10(4-9(7-15)12-14)6-13(8)3-2-11/h4,8,15H,2-3,5-7,11H2,1H3/t8-/m0/s1. The maximum Gasteiger partial charge on any atom is 0.0882 e. The summed E-state index contributed by atoms with van der Waals surface area (Å²) in [7, 11) is 0. The second-order valence-electron chi connectivity index (χ2n) is 4.08. The Morgan fingerprint density at radius 3 is 3.13 bits per heavy atom. The topological polar surface area (TPSA) is 67.3 Å². The average Bonchev–Trinajstić information content (AvgIpc) is 2.61. The number of hydrogen-bond donors (Lipinski definition) is 2. The Labute approximate surface area is 89.5 Å². The van der Waals surface area contributed by atoms with E-state index in [0.717, 1.165) is 25.3 Å². The smallest absolute Gasteiger partial charge is 0.0882 e. The lowest BCUT2D eigenvalue weighted by molar-refractivity contribution is 0.149. The predicted molar refractivity (Wildman–Crippen MR) is 57.1 cm³/mol. The molecule has 1 aromatic rings. The van der Waals surface area contributed by atoms with Crippen molar-refractivity contribution in [3.05, 3.63) is 17.5 Å². The van der Waals surface area contributed by atoms with Crippen LogP contribution < -0.4 is 5.73 Å². The van der Waals surface area contributed by atoms with Gasteiger partial charge in [0.05, 0.1) is 24.5 Å². The molecular formula is C10H18N4O. The predicted octanol–water partition coefficient (Wildman–Crippen LogP) is -0.462. The summed E-state index contributed by atoms with van der Waals surface area (Å²) in [5, 5.41) is 13.3. The lowest BCUT2D eigenvalue weighted by Gasteiger charge is -2.33. The molecule has 0 fully saturated rings. The fraction of sp³-hybridized carbons (Fsp3) is 0.700. The largest absolute Gasteiger partial charge is 0.390 e. The van der Waals surface area contributed by atoms with E-state index < -0.39 is 0 Å². The van der Waals surface area contributed by atoms with Gasteiger partial charge in [-0.25, -0.2) is 0 Å². The van der Waals surface area contributed by atoms with E-state index in [9.17, 15) is 0 Å². The molecule has 0 saturated heterocycles. The van der Waals surface area contributed by atoms with Gasteiger partial charge in [0.15, 0.2) is 0 Å². The van der Waals surface area contributed by atoms with Crippen LogP contribution in [0.15, 0.2) is 6.07 Å². The molecule has 5 heteroatoms. The Morgan fingerprint density at radius 1 is 1.67 bits per heavy atom. The first-order valence-corrected chi connectivity index (χ1v) is 5.35. The van der Waals surface area contributed by atoms with E-state index in [-0.39, 0.29) is 6.61 Å². The molecular weight excluding hydrogens is 192 g/mol. The van der Waals surface area contributed by atoms with Gasteiger partial charge in [0, 0.05) is 25.7 Å². The van der Waals surface area contributed by atoms with Gasteiger partial charge >= 0.3 is 0 Å². The number of fused-ring (bicyclic) bond motifs is 1. The monoisotopic (exact) mass is 210 g/mol. The van der Waals surface area contributed by atoms with Gasteiger partial charge in [-0.05, 0) is 13.0 Å². The molecule has 84 valence electrons. The number of aliphatic hydroxyl groups is 1. The Kier molecular flexibility index (Phi) is 3.04. The molecule has 1 aliphatic rings. The molecule has 1 atom stereocenters. The molecule has 1 aliphatic heterocycles. The van der Waals surface area contributed by atoms with Crippen LogP contribution >= 0.6 is 0 Å². The molecule has 0 unspecified atom stereocenters. The molecule has 2 heterocycles. The van der Waals surface area contributed by atoms with Gasteiger partial charge < -0.3 is 10.8 Å². The van der Waals surface area contributed by atoms with Crippen molar-refractivity contribution in [1.29, 1.82) is 0 Å². The highest BCUT2D eigenvalue weighted by molar-refractivity contribution is 5.11. The molecule has 3 N–H and O–H groups in total. The number of aliphatic hydroxyl groups excluding tert-OH is 1.